The number of fused-ring (bicyclic) bond motifs is 12. The van der Waals surface area contributed by atoms with E-state index in [2.05, 4.69) is 212 Å². The summed E-state index contributed by atoms with van der Waals surface area (Å²) in [5.74, 6) is 0. The van der Waals surface area contributed by atoms with Gasteiger partial charge in [-0.1, -0.05) is 141 Å². The molecule has 0 fully saturated rings. The molecule has 3 nitrogen and oxygen atoms in total. The maximum Gasteiger partial charge on any atom is 0.190 e. The fourth-order valence-electron chi connectivity index (χ4n) is 10.4. The lowest BCUT2D eigenvalue weighted by molar-refractivity contribution is 0.590. The zero-order chi connectivity index (χ0) is 41.8. The Hall–Kier alpha value is -5.84. The minimum atomic E-state index is -2.62. The molecule has 0 amide bonds. The first-order valence-corrected chi connectivity index (χ1v) is 24.6. The van der Waals surface area contributed by atoms with E-state index in [1.54, 1.807) is 0 Å². The van der Waals surface area contributed by atoms with Crippen LogP contribution in [0.5, 0.6) is 0 Å². The minimum Gasteiger partial charge on any atom is -0.454 e. The molecule has 4 heteroatoms. The molecule has 10 aromatic rings. The summed E-state index contributed by atoms with van der Waals surface area (Å²) < 4.78 is 12.3. The molecule has 1 aliphatic rings. The zero-order valence-corrected chi connectivity index (χ0v) is 37.9. The number of hydrogen-bond acceptors (Lipinski definition) is 1. The van der Waals surface area contributed by atoms with Gasteiger partial charge in [0.25, 0.3) is 0 Å². The van der Waals surface area contributed by atoms with Crippen molar-refractivity contribution in [2.75, 3.05) is 0 Å². The van der Waals surface area contributed by atoms with Crippen LogP contribution in [0.15, 0.2) is 132 Å². The van der Waals surface area contributed by atoms with Crippen molar-refractivity contribution >= 4 is 79.0 Å². The Morgan fingerprint density at radius 1 is 0.450 bits per heavy atom. The average molecular weight is 799 g/mol. The first kappa shape index (κ1) is 37.2. The van der Waals surface area contributed by atoms with Crippen LogP contribution in [0.1, 0.15) is 79.0 Å². The number of furan rings is 1. The smallest absolute Gasteiger partial charge is 0.190 e. The molecule has 0 spiro atoms. The van der Waals surface area contributed by atoms with Crippen molar-refractivity contribution in [3.05, 3.63) is 144 Å². The first-order valence-electron chi connectivity index (χ1n) is 21.7. The Balaban J connectivity index is 1.30. The predicted octanol–water partition coefficient (Wildman–Crippen LogP) is 15.3. The van der Waals surface area contributed by atoms with Crippen molar-refractivity contribution in [1.29, 1.82) is 0 Å². The fraction of sp³-hybridized carbons (Fsp3) is 0.250. The monoisotopic (exact) mass is 798 g/mol. The van der Waals surface area contributed by atoms with Gasteiger partial charge in [0.2, 0.25) is 0 Å². The average Bonchev–Trinajstić information content (AvgIpc) is 3.87. The van der Waals surface area contributed by atoms with Crippen LogP contribution in [0.2, 0.25) is 13.1 Å². The highest BCUT2D eigenvalue weighted by atomic mass is 28.3. The van der Waals surface area contributed by atoms with E-state index in [1.165, 1.54) is 104 Å². The van der Waals surface area contributed by atoms with Crippen molar-refractivity contribution in [3.8, 4) is 27.9 Å². The maximum atomic E-state index is 6.88. The molecule has 0 N–H and O–H groups in total. The van der Waals surface area contributed by atoms with E-state index < -0.39 is 8.24 Å². The van der Waals surface area contributed by atoms with Gasteiger partial charge in [-0.2, -0.15) is 0 Å². The molecule has 0 aliphatic carbocycles. The number of aromatic nitrogens is 2. The highest BCUT2D eigenvalue weighted by Gasteiger charge is 2.41. The SMILES string of the molecule is CC(C)(C)c1ccc(-c2cc3c(c(-n4c5ccc(C(C)(C)C)cc5c5cc(C(C)(C)C)ccc54)c2)[Si](C)(C)n2c4c-3cccc4c3ccc4c5ccccc5oc4c32)cc1. The van der Waals surface area contributed by atoms with E-state index in [1.807, 2.05) is 0 Å². The Morgan fingerprint density at radius 2 is 1.02 bits per heavy atom. The van der Waals surface area contributed by atoms with Crippen LogP contribution in [0.3, 0.4) is 0 Å². The molecule has 3 aromatic heterocycles. The molecule has 0 atom stereocenters. The topological polar surface area (TPSA) is 23.0 Å². The molecule has 0 saturated carbocycles. The van der Waals surface area contributed by atoms with Crippen molar-refractivity contribution < 1.29 is 4.42 Å². The van der Waals surface area contributed by atoms with Gasteiger partial charge in [0, 0.05) is 49.1 Å². The van der Waals surface area contributed by atoms with Crippen molar-refractivity contribution in [2.24, 2.45) is 0 Å². The van der Waals surface area contributed by atoms with Crippen LogP contribution < -0.4 is 5.19 Å². The largest absolute Gasteiger partial charge is 0.454 e. The molecule has 0 unspecified atom stereocenters. The molecular formula is C56H54N2OSi. The van der Waals surface area contributed by atoms with Crippen LogP contribution in [-0.2, 0) is 16.2 Å². The third kappa shape index (κ3) is 5.19. The molecule has 1 aliphatic heterocycles. The second-order valence-electron chi connectivity index (χ2n) is 21.1. The van der Waals surface area contributed by atoms with Crippen LogP contribution in [0, 0.1) is 0 Å². The number of hydrogen-bond donors (Lipinski definition) is 0. The van der Waals surface area contributed by atoms with Gasteiger partial charge in [-0.3, -0.25) is 0 Å². The van der Waals surface area contributed by atoms with E-state index in [0.29, 0.717) is 0 Å². The van der Waals surface area contributed by atoms with Gasteiger partial charge in [0.05, 0.1) is 16.6 Å². The van der Waals surface area contributed by atoms with Crippen molar-refractivity contribution in [2.45, 2.75) is 91.7 Å². The van der Waals surface area contributed by atoms with E-state index in [4.69, 9.17) is 4.42 Å². The summed E-state index contributed by atoms with van der Waals surface area (Å²) in [5.41, 5.74) is 17.5. The van der Waals surface area contributed by atoms with Gasteiger partial charge in [0.1, 0.15) is 5.58 Å². The maximum absolute atomic E-state index is 6.88. The van der Waals surface area contributed by atoms with Gasteiger partial charge in [-0.15, -0.1) is 0 Å². The van der Waals surface area contributed by atoms with E-state index in [0.717, 1.165) is 11.2 Å². The molecule has 298 valence electrons. The molecule has 0 radical (unpaired) electrons. The Morgan fingerprint density at radius 3 is 1.65 bits per heavy atom. The number of benzene rings is 7. The van der Waals surface area contributed by atoms with Crippen molar-refractivity contribution in [1.82, 2.24) is 8.80 Å². The van der Waals surface area contributed by atoms with Crippen LogP contribution in [-0.4, -0.2) is 17.0 Å². The third-order valence-electron chi connectivity index (χ3n) is 13.7. The second-order valence-corrected chi connectivity index (χ2v) is 25.1. The summed E-state index contributed by atoms with van der Waals surface area (Å²) in [5, 5.41) is 8.96. The highest BCUT2D eigenvalue weighted by Crippen LogP contribution is 2.48. The Kier molecular flexibility index (Phi) is 7.52. The zero-order valence-electron chi connectivity index (χ0n) is 36.9. The Bertz CT molecular complexity index is 3370. The molecule has 11 rings (SSSR count). The normalized spacial score (nSPS) is 14.4. The predicted molar refractivity (Wildman–Crippen MR) is 261 cm³/mol. The lowest BCUT2D eigenvalue weighted by Gasteiger charge is -2.37. The first-order chi connectivity index (χ1) is 28.4. The van der Waals surface area contributed by atoms with Crippen LogP contribution in [0.25, 0.3) is 93.5 Å². The highest BCUT2D eigenvalue weighted by molar-refractivity contribution is 6.92. The van der Waals surface area contributed by atoms with Gasteiger partial charge in [0.15, 0.2) is 13.8 Å². The van der Waals surface area contributed by atoms with E-state index >= 15 is 0 Å². The summed E-state index contributed by atoms with van der Waals surface area (Å²) in [7, 11) is -2.62. The van der Waals surface area contributed by atoms with Crippen LogP contribution >= 0.6 is 0 Å². The molecular weight excluding hydrogens is 745 g/mol. The van der Waals surface area contributed by atoms with Crippen molar-refractivity contribution in [3.63, 3.8) is 0 Å². The van der Waals surface area contributed by atoms with Gasteiger partial charge < -0.3 is 13.2 Å². The van der Waals surface area contributed by atoms with Gasteiger partial charge in [-0.05, 0) is 116 Å². The molecule has 60 heavy (non-hydrogen) atoms. The number of nitrogens with zero attached hydrogens (tertiary/aromatic N) is 2. The van der Waals surface area contributed by atoms with Crippen LogP contribution in [0.4, 0.5) is 0 Å². The van der Waals surface area contributed by atoms with Gasteiger partial charge in [-0.25, -0.2) is 0 Å². The fourth-order valence-corrected chi connectivity index (χ4v) is 13.9. The lowest BCUT2D eigenvalue weighted by atomic mass is 9.85. The van der Waals surface area contributed by atoms with E-state index in [9.17, 15) is 0 Å². The Labute approximate surface area is 354 Å². The van der Waals surface area contributed by atoms with Gasteiger partial charge >= 0.3 is 0 Å². The summed E-state index contributed by atoms with van der Waals surface area (Å²) in [6.07, 6.45) is 0. The molecule has 0 saturated heterocycles. The summed E-state index contributed by atoms with van der Waals surface area (Å²) in [6.45, 7) is 26.0. The summed E-state index contributed by atoms with van der Waals surface area (Å²) in [6, 6.07) is 48.9. The quantitative estimate of drug-likeness (QED) is 0.160. The second kappa shape index (κ2) is 12.1. The molecule has 7 aromatic carbocycles. The molecule has 0 bridgehead atoms. The third-order valence-corrected chi connectivity index (χ3v) is 17.0. The van der Waals surface area contributed by atoms with E-state index in [-0.39, 0.29) is 16.2 Å². The summed E-state index contributed by atoms with van der Waals surface area (Å²) in [4.78, 5) is 0. The number of para-hydroxylation sites is 2. The summed E-state index contributed by atoms with van der Waals surface area (Å²) >= 11 is 0. The minimum absolute atomic E-state index is 0.0179. The lowest BCUT2D eigenvalue weighted by Crippen LogP contribution is -2.53. The number of rotatable bonds is 2. The molecule has 4 heterocycles. The standard InChI is InChI=1S/C56H54N2OSi/c1-54(2,3)35-21-19-33(20-22-35)34-29-45-40-17-14-16-39-41-25-26-42-38-15-12-13-18-49(38)59-52(42)51(41)58(50(39)40)60(10,11)53(45)48(30-34)57-46-27-23-36(55(4,5)6)31-43(46)44-32-37(56(7,8)9)24-28-47(44)57/h12-32H,1-11H3.